The van der Waals surface area contributed by atoms with Gasteiger partial charge in [0.1, 0.15) is 16.8 Å². The third-order valence-electron chi connectivity index (χ3n) is 5.09. The largest absolute Gasteiger partial charge is 0.460 e. The number of nitrogens with one attached hydrogen (secondary N) is 3. The number of rotatable bonds is 17. The van der Waals surface area contributed by atoms with E-state index in [2.05, 4.69) is 16.0 Å². The fourth-order valence-corrected chi connectivity index (χ4v) is 3.37. The molecule has 0 aliphatic rings. The molecule has 0 fully saturated rings. The van der Waals surface area contributed by atoms with Crippen molar-refractivity contribution in [2.24, 2.45) is 17.4 Å². The number of ether oxygens (including phenoxy) is 3. The Morgan fingerprint density at radius 3 is 1.42 bits per heavy atom. The minimum absolute atomic E-state index is 0.0621. The molecule has 0 saturated carbocycles. The lowest BCUT2D eigenvalue weighted by atomic mass is 9.81. The lowest BCUT2D eigenvalue weighted by molar-refractivity contribution is -0.188. The molecule has 224 valence electrons. The second-order valence-corrected chi connectivity index (χ2v) is 12.5. The summed E-state index contributed by atoms with van der Waals surface area (Å²) in [4.78, 5) is 40.0. The van der Waals surface area contributed by atoms with E-state index < -0.39 is 46.2 Å². The first-order valence-corrected chi connectivity index (χ1v) is 13.6. The summed E-state index contributed by atoms with van der Waals surface area (Å²) in [6.45, 7) is 20.0. The zero-order valence-electron chi connectivity index (χ0n) is 25.3. The molecule has 0 saturated heterocycles. The summed E-state index contributed by atoms with van der Waals surface area (Å²) in [6.07, 6.45) is 2.14. The number of nitrogens with two attached hydrogens (primary N) is 2. The average Bonchev–Trinajstić information content (AvgIpc) is 2.72. The molecule has 0 aliphatic heterocycles. The van der Waals surface area contributed by atoms with Gasteiger partial charge in [0.15, 0.2) is 0 Å². The number of hydrogen-bond acceptors (Lipinski definition) is 11. The third kappa shape index (κ3) is 15.6. The Kier molecular flexibility index (Phi) is 15.6. The van der Waals surface area contributed by atoms with E-state index in [-0.39, 0.29) is 6.42 Å². The summed E-state index contributed by atoms with van der Waals surface area (Å²) in [5.74, 6) is -4.16. The highest BCUT2D eigenvalue weighted by molar-refractivity contribution is 6.08. The number of carbonyl (C=O) groups is 3. The molecule has 0 heterocycles. The van der Waals surface area contributed by atoms with Crippen molar-refractivity contribution < 1.29 is 28.6 Å². The highest BCUT2D eigenvalue weighted by atomic mass is 16.6. The Hall–Kier alpha value is -1.79. The predicted molar refractivity (Wildman–Crippen MR) is 149 cm³/mol. The van der Waals surface area contributed by atoms with Gasteiger partial charge < -0.3 is 41.6 Å². The molecule has 38 heavy (non-hydrogen) atoms. The molecule has 0 aliphatic carbocycles. The molecule has 0 rings (SSSR count). The molecule has 0 radical (unpaired) electrons. The summed E-state index contributed by atoms with van der Waals surface area (Å²) < 4.78 is 16.6. The topological polar surface area (TPSA) is 167 Å². The van der Waals surface area contributed by atoms with E-state index in [1.54, 1.807) is 62.3 Å². The van der Waals surface area contributed by atoms with Crippen LogP contribution < -0.4 is 27.4 Å². The minimum Gasteiger partial charge on any atom is -0.460 e. The second kappa shape index (κ2) is 16.3. The van der Waals surface area contributed by atoms with Gasteiger partial charge in [0.05, 0.1) is 5.92 Å². The summed E-state index contributed by atoms with van der Waals surface area (Å²) in [6, 6.07) is 0. The fourth-order valence-electron chi connectivity index (χ4n) is 3.37. The van der Waals surface area contributed by atoms with E-state index >= 15 is 0 Å². The monoisotopic (exact) mass is 545 g/mol. The molecule has 1 atom stereocenters. The first-order chi connectivity index (χ1) is 17.3. The van der Waals surface area contributed by atoms with Gasteiger partial charge in [-0.2, -0.15) is 0 Å². The molecule has 0 aromatic carbocycles. The van der Waals surface area contributed by atoms with Crippen LogP contribution in [0.3, 0.4) is 0 Å². The van der Waals surface area contributed by atoms with Gasteiger partial charge in [0.25, 0.3) is 0 Å². The van der Waals surface area contributed by atoms with Crippen LogP contribution in [0.4, 0.5) is 0 Å². The van der Waals surface area contributed by atoms with Crippen molar-refractivity contribution in [1.29, 1.82) is 0 Å². The molecule has 1 unspecified atom stereocenters. The van der Waals surface area contributed by atoms with Crippen LogP contribution in [0.5, 0.6) is 0 Å². The van der Waals surface area contributed by atoms with Gasteiger partial charge in [-0.05, 0) is 101 Å². The van der Waals surface area contributed by atoms with Crippen LogP contribution in [0.15, 0.2) is 0 Å². The Labute approximate surface area is 229 Å². The van der Waals surface area contributed by atoms with Crippen LogP contribution in [-0.2, 0) is 28.6 Å². The Balaban J connectivity index is 5.41. The maximum Gasteiger partial charge on any atom is 0.339 e. The number of carbonyl (C=O) groups excluding carboxylic acids is 3. The van der Waals surface area contributed by atoms with Gasteiger partial charge in [-0.3, -0.25) is 4.79 Å². The molecule has 11 nitrogen and oxygen atoms in total. The molecule has 0 aromatic heterocycles. The minimum atomic E-state index is -2.39. The van der Waals surface area contributed by atoms with E-state index in [1.165, 1.54) is 0 Å². The molecule has 7 N–H and O–H groups in total. The average molecular weight is 546 g/mol. The second-order valence-electron chi connectivity index (χ2n) is 12.5. The van der Waals surface area contributed by atoms with Crippen LogP contribution in [0.1, 0.15) is 81.6 Å². The van der Waals surface area contributed by atoms with Crippen LogP contribution in [0.2, 0.25) is 0 Å². The number of esters is 3. The van der Waals surface area contributed by atoms with Crippen LogP contribution in [-0.4, -0.2) is 86.1 Å². The Bertz CT molecular complexity index is 697. The zero-order chi connectivity index (χ0) is 29.6. The maximum absolute atomic E-state index is 13.3. The van der Waals surface area contributed by atoms with Gasteiger partial charge in [-0.1, -0.05) is 0 Å². The number of unbranched alkanes of at least 4 members (excludes halogenated alkanes) is 1. The van der Waals surface area contributed by atoms with E-state index in [1.807, 2.05) is 0 Å². The van der Waals surface area contributed by atoms with Gasteiger partial charge in [-0.15, -0.1) is 0 Å². The van der Waals surface area contributed by atoms with Crippen LogP contribution >= 0.6 is 0 Å². The van der Waals surface area contributed by atoms with Crippen molar-refractivity contribution in [3.05, 3.63) is 0 Å². The maximum atomic E-state index is 13.3. The van der Waals surface area contributed by atoms with Crippen LogP contribution in [0, 0.1) is 5.92 Å². The molecule has 0 aromatic rings. The fraction of sp³-hybridized carbons (Fsp3) is 0.889. The molecular weight excluding hydrogens is 490 g/mol. The Morgan fingerprint density at radius 2 is 1.03 bits per heavy atom. The number of hydrogen-bond donors (Lipinski definition) is 5. The van der Waals surface area contributed by atoms with E-state index in [9.17, 15) is 14.4 Å². The van der Waals surface area contributed by atoms with Gasteiger partial charge in [-0.25, -0.2) is 9.59 Å². The van der Waals surface area contributed by atoms with E-state index in [0.717, 1.165) is 32.5 Å². The predicted octanol–water partition coefficient (Wildman–Crippen LogP) is 1.22. The van der Waals surface area contributed by atoms with Crippen LogP contribution in [0.25, 0.3) is 0 Å². The van der Waals surface area contributed by atoms with E-state index in [4.69, 9.17) is 25.7 Å². The molecule has 11 heteroatoms. The molecule has 0 spiro atoms. The molecule has 0 bridgehead atoms. The quantitative estimate of drug-likeness (QED) is 0.0771. The van der Waals surface area contributed by atoms with Gasteiger partial charge in [0, 0.05) is 26.2 Å². The SMILES string of the molecule is CC(C)(C)OC(=O)C(CCNCCNCCNCCCCN)C(N)(C(=O)OC(C)(C)C)C(=O)OC(C)(C)C. The van der Waals surface area contributed by atoms with Crippen molar-refractivity contribution in [3.63, 3.8) is 0 Å². The van der Waals surface area contributed by atoms with Crippen molar-refractivity contribution in [2.45, 2.75) is 104 Å². The van der Waals surface area contributed by atoms with Crippen molar-refractivity contribution in [2.75, 3.05) is 45.8 Å². The van der Waals surface area contributed by atoms with Crippen molar-refractivity contribution in [1.82, 2.24) is 16.0 Å². The standard InChI is InChI=1S/C27H55N5O6/c1-24(2,3)36-21(33)20(12-15-31-17-19-32-18-16-30-14-11-10-13-28)27(29,22(34)37-25(4,5)6)23(35)38-26(7,8)9/h20,30-32H,10-19,28-29H2,1-9H3. The first-order valence-electron chi connectivity index (χ1n) is 13.6. The Morgan fingerprint density at radius 1 is 0.632 bits per heavy atom. The van der Waals surface area contributed by atoms with E-state index in [0.29, 0.717) is 26.2 Å². The van der Waals surface area contributed by atoms with Crippen molar-refractivity contribution in [3.8, 4) is 0 Å². The first kappa shape index (κ1) is 36.2. The lowest BCUT2D eigenvalue weighted by Gasteiger charge is -2.37. The zero-order valence-corrected chi connectivity index (χ0v) is 25.3. The normalized spacial score (nSPS) is 13.7. The summed E-state index contributed by atoms with van der Waals surface area (Å²) in [5.41, 5.74) is 6.86. The smallest absolute Gasteiger partial charge is 0.339 e. The summed E-state index contributed by atoms with van der Waals surface area (Å²) in [5, 5.41) is 9.90. The molecule has 0 amide bonds. The highest BCUT2D eigenvalue weighted by Crippen LogP contribution is 2.29. The third-order valence-corrected chi connectivity index (χ3v) is 5.09. The van der Waals surface area contributed by atoms with Gasteiger partial charge in [0.2, 0.25) is 5.54 Å². The summed E-state index contributed by atoms with van der Waals surface area (Å²) >= 11 is 0. The highest BCUT2D eigenvalue weighted by Gasteiger charge is 2.57. The van der Waals surface area contributed by atoms with Gasteiger partial charge >= 0.3 is 17.9 Å². The van der Waals surface area contributed by atoms with Crippen molar-refractivity contribution >= 4 is 17.9 Å². The molecular formula is C27H55N5O6. The lowest BCUT2D eigenvalue weighted by Crippen LogP contribution is -2.66. The summed E-state index contributed by atoms with van der Waals surface area (Å²) in [7, 11) is 0.